The third-order valence-corrected chi connectivity index (χ3v) is 11.6. The van der Waals surface area contributed by atoms with E-state index in [1.807, 2.05) is 30.5 Å². The molecular formula is C47H50IrN2OSi-2. The predicted octanol–water partition coefficient (Wildman–Crippen LogP) is 12.8. The molecule has 5 heteroatoms. The molecule has 7 rings (SSSR count). The second kappa shape index (κ2) is 15.8. The largest absolute Gasteiger partial charge is 0.501 e. The van der Waals surface area contributed by atoms with E-state index >= 15 is 0 Å². The molecule has 52 heavy (non-hydrogen) atoms. The van der Waals surface area contributed by atoms with Crippen LogP contribution in [0.1, 0.15) is 77.0 Å². The van der Waals surface area contributed by atoms with Crippen LogP contribution in [-0.4, -0.2) is 18.0 Å². The first-order valence-corrected chi connectivity index (χ1v) is 21.6. The molecular weight excluding hydrogens is 829 g/mol. The van der Waals surface area contributed by atoms with Crippen molar-refractivity contribution >= 4 is 35.2 Å². The molecule has 0 spiro atoms. The van der Waals surface area contributed by atoms with Crippen molar-refractivity contribution in [2.75, 3.05) is 0 Å². The molecule has 1 radical (unpaired) electrons. The van der Waals surface area contributed by atoms with Gasteiger partial charge < -0.3 is 14.4 Å². The third kappa shape index (κ3) is 8.55. The van der Waals surface area contributed by atoms with E-state index < -0.39 is 8.07 Å². The fraction of sp³-hybridized carbons (Fsp3) is 0.277. The van der Waals surface area contributed by atoms with Crippen molar-refractivity contribution in [3.63, 3.8) is 0 Å². The van der Waals surface area contributed by atoms with Gasteiger partial charge in [0, 0.05) is 37.9 Å². The van der Waals surface area contributed by atoms with Crippen LogP contribution < -0.4 is 5.19 Å². The zero-order valence-corrected chi connectivity index (χ0v) is 35.6. The number of furan rings is 1. The van der Waals surface area contributed by atoms with Crippen molar-refractivity contribution in [2.24, 2.45) is 0 Å². The Kier molecular flexibility index (Phi) is 11.9. The van der Waals surface area contributed by atoms with Crippen LogP contribution in [0.4, 0.5) is 0 Å². The Balaban J connectivity index is 0.000000225. The Morgan fingerprint density at radius 2 is 1.42 bits per heavy atom. The van der Waals surface area contributed by atoms with E-state index in [1.165, 1.54) is 27.4 Å². The van der Waals surface area contributed by atoms with Crippen LogP contribution in [0.3, 0.4) is 0 Å². The van der Waals surface area contributed by atoms with E-state index in [2.05, 4.69) is 169 Å². The minimum Gasteiger partial charge on any atom is -0.501 e. The number of fused-ring (bicyclic) bond motifs is 3. The molecule has 0 unspecified atom stereocenters. The molecule has 0 atom stereocenters. The Bertz CT molecular complexity index is 2270. The number of benzene rings is 4. The predicted molar refractivity (Wildman–Crippen MR) is 220 cm³/mol. The SMILES string of the molecule is CC(C)c1cc(-c2[c-]cccc2)ncc1[Si](C)(C)C.CC(C)c1ccnc(-c2[c-]ccc3c2oc2cc(-c4ccc(C(C)(C)C)cc4)ccc23)c1.[Ir]. The van der Waals surface area contributed by atoms with Crippen molar-refractivity contribution in [3.8, 4) is 33.6 Å². The molecule has 269 valence electrons. The van der Waals surface area contributed by atoms with Gasteiger partial charge in [-0.05, 0) is 62.6 Å². The summed E-state index contributed by atoms with van der Waals surface area (Å²) in [6.45, 7) is 22.8. The Labute approximate surface area is 325 Å². The summed E-state index contributed by atoms with van der Waals surface area (Å²) in [5.41, 5.74) is 12.2. The molecule has 3 nitrogen and oxygen atoms in total. The average Bonchev–Trinajstić information content (AvgIpc) is 3.49. The second-order valence-electron chi connectivity index (χ2n) is 16.2. The number of hydrogen-bond donors (Lipinski definition) is 0. The summed E-state index contributed by atoms with van der Waals surface area (Å²) < 4.78 is 6.41. The number of rotatable bonds is 6. The van der Waals surface area contributed by atoms with Crippen molar-refractivity contribution in [1.82, 2.24) is 9.97 Å². The van der Waals surface area contributed by atoms with Crippen molar-refractivity contribution in [1.29, 1.82) is 0 Å². The van der Waals surface area contributed by atoms with Crippen molar-refractivity contribution < 1.29 is 24.5 Å². The number of aromatic nitrogens is 2. The van der Waals surface area contributed by atoms with Crippen LogP contribution >= 0.6 is 0 Å². The summed E-state index contributed by atoms with van der Waals surface area (Å²) >= 11 is 0. The molecule has 3 aromatic heterocycles. The molecule has 0 N–H and O–H groups in total. The molecule has 7 aromatic rings. The van der Waals surface area contributed by atoms with E-state index in [9.17, 15) is 0 Å². The third-order valence-electron chi connectivity index (χ3n) is 9.58. The van der Waals surface area contributed by atoms with Gasteiger partial charge in [0.2, 0.25) is 0 Å². The van der Waals surface area contributed by atoms with Crippen LogP contribution in [-0.2, 0) is 25.5 Å². The van der Waals surface area contributed by atoms with E-state index in [0.717, 1.165) is 50.0 Å². The maximum atomic E-state index is 6.41. The molecule has 4 aromatic carbocycles. The smallest absolute Gasteiger partial charge is 0.121 e. The normalized spacial score (nSPS) is 11.8. The molecule has 0 aliphatic carbocycles. The monoisotopic (exact) mass is 879 g/mol. The van der Waals surface area contributed by atoms with Gasteiger partial charge in [-0.15, -0.1) is 54.1 Å². The molecule has 3 heterocycles. The molecule has 0 bridgehead atoms. The van der Waals surface area contributed by atoms with Gasteiger partial charge >= 0.3 is 0 Å². The van der Waals surface area contributed by atoms with Crippen LogP contribution in [0.15, 0.2) is 114 Å². The summed E-state index contributed by atoms with van der Waals surface area (Å²) in [4.78, 5) is 9.28. The quantitative estimate of drug-likeness (QED) is 0.123. The summed E-state index contributed by atoms with van der Waals surface area (Å²) in [5, 5.41) is 3.69. The second-order valence-corrected chi connectivity index (χ2v) is 21.2. The first-order valence-electron chi connectivity index (χ1n) is 18.1. The Morgan fingerprint density at radius 1 is 0.692 bits per heavy atom. The topological polar surface area (TPSA) is 38.9 Å². The van der Waals surface area contributed by atoms with Gasteiger partial charge in [-0.3, -0.25) is 0 Å². The minimum atomic E-state index is -1.34. The van der Waals surface area contributed by atoms with Gasteiger partial charge in [0.1, 0.15) is 5.58 Å². The first kappa shape index (κ1) is 39.1. The van der Waals surface area contributed by atoms with E-state index in [-0.39, 0.29) is 25.5 Å². The Hall–Kier alpha value is -4.15. The van der Waals surface area contributed by atoms with Gasteiger partial charge in [-0.2, -0.15) is 0 Å². The van der Waals surface area contributed by atoms with Gasteiger partial charge in [0.05, 0.1) is 13.7 Å². The van der Waals surface area contributed by atoms with E-state index in [0.29, 0.717) is 11.8 Å². The molecule has 0 aliphatic heterocycles. The minimum absolute atomic E-state index is 0. The van der Waals surface area contributed by atoms with Gasteiger partial charge in [-0.1, -0.05) is 139 Å². The summed E-state index contributed by atoms with van der Waals surface area (Å²) in [5.74, 6) is 0.978. The fourth-order valence-corrected chi connectivity index (χ4v) is 8.17. The van der Waals surface area contributed by atoms with Gasteiger partial charge in [-0.25, -0.2) is 0 Å². The standard InChI is InChI=1S/C30H28NO.C17H22NSi.Ir/c1-19(2)21-15-16-31-27(17-21)26-8-6-7-25-24-14-11-22(18-28(24)32-29(25)26)20-9-12-23(13-10-20)30(3,4)5;1-13(2)15-11-16(14-9-7-6-8-10-14)18-12-17(15)19(3,4)5;/h6-7,9-19H,1-5H3;6-9,11-13H,1-5H3;/q2*-1;. The van der Waals surface area contributed by atoms with Crippen LogP contribution in [0.25, 0.3) is 55.6 Å². The number of nitrogens with zero attached hydrogens (tertiary/aromatic N) is 2. The summed E-state index contributed by atoms with van der Waals surface area (Å²) in [7, 11) is -1.34. The average molecular weight is 879 g/mol. The van der Waals surface area contributed by atoms with Crippen LogP contribution in [0.2, 0.25) is 19.6 Å². The molecule has 0 aliphatic rings. The maximum Gasteiger partial charge on any atom is 0.121 e. The zero-order valence-electron chi connectivity index (χ0n) is 32.2. The van der Waals surface area contributed by atoms with Crippen molar-refractivity contribution in [2.45, 2.75) is 85.4 Å². The van der Waals surface area contributed by atoms with Crippen molar-refractivity contribution in [3.05, 3.63) is 138 Å². The van der Waals surface area contributed by atoms with Crippen LogP contribution in [0.5, 0.6) is 0 Å². The Morgan fingerprint density at radius 3 is 2.06 bits per heavy atom. The van der Waals surface area contributed by atoms with Gasteiger partial charge in [0.25, 0.3) is 0 Å². The summed E-state index contributed by atoms with van der Waals surface area (Å²) in [6, 6.07) is 40.5. The number of hydrogen-bond acceptors (Lipinski definition) is 3. The molecule has 0 saturated heterocycles. The van der Waals surface area contributed by atoms with E-state index in [4.69, 9.17) is 4.42 Å². The molecule has 0 amide bonds. The molecule has 0 fully saturated rings. The first-order chi connectivity index (χ1) is 24.2. The zero-order chi connectivity index (χ0) is 36.5. The van der Waals surface area contributed by atoms with Gasteiger partial charge in [0.15, 0.2) is 0 Å². The van der Waals surface area contributed by atoms with E-state index in [1.54, 1.807) is 0 Å². The van der Waals surface area contributed by atoms with Crippen LogP contribution in [0, 0.1) is 12.1 Å². The molecule has 0 saturated carbocycles. The number of pyridine rings is 2. The summed E-state index contributed by atoms with van der Waals surface area (Å²) in [6.07, 6.45) is 3.97. The maximum absolute atomic E-state index is 6.41. The fourth-order valence-electron chi connectivity index (χ4n) is 6.49.